The maximum atomic E-state index is 12.0. The first-order valence-corrected chi connectivity index (χ1v) is 7.49. The van der Waals surface area contributed by atoms with E-state index < -0.39 is 22.2 Å². The molecule has 1 aromatic carbocycles. The molecule has 1 unspecified atom stereocenters. The molecular weight excluding hydrogens is 268 g/mol. The van der Waals surface area contributed by atoms with E-state index in [1.165, 1.54) is 0 Å². The maximum absolute atomic E-state index is 12.0. The van der Waals surface area contributed by atoms with Crippen LogP contribution in [0.1, 0.15) is 24.1 Å². The lowest BCUT2D eigenvalue weighted by atomic mass is 9.94. The van der Waals surface area contributed by atoms with Crippen LogP contribution in [0, 0.1) is 0 Å². The van der Waals surface area contributed by atoms with Crippen LogP contribution in [0.3, 0.4) is 0 Å². The number of carbonyl (C=O) groups excluding carboxylic acids is 1. The number of carbonyl (C=O) groups is 1. The zero-order valence-corrected chi connectivity index (χ0v) is 11.4. The fourth-order valence-corrected chi connectivity index (χ4v) is 3.12. The summed E-state index contributed by atoms with van der Waals surface area (Å²) in [5.41, 5.74) is 1.58. The lowest BCUT2D eigenvalue weighted by Gasteiger charge is -2.33. The Labute approximate surface area is 112 Å². The summed E-state index contributed by atoms with van der Waals surface area (Å²) in [4.78, 5) is 12.0. The van der Waals surface area contributed by atoms with E-state index in [1.807, 2.05) is 12.1 Å². The molecule has 0 amide bonds. The zero-order valence-electron chi connectivity index (χ0n) is 10.6. The number of nitrogens with two attached hydrogens (primary N) is 1. The van der Waals surface area contributed by atoms with Crippen molar-refractivity contribution >= 4 is 16.2 Å². The summed E-state index contributed by atoms with van der Waals surface area (Å²) in [6.07, 6.45) is 0.530. The Balaban J connectivity index is 2.48. The molecule has 0 fully saturated rings. The van der Waals surface area contributed by atoms with Gasteiger partial charge < -0.3 is 4.74 Å². The molecule has 6 nitrogen and oxygen atoms in total. The van der Waals surface area contributed by atoms with Gasteiger partial charge in [0.1, 0.15) is 6.04 Å². The first-order chi connectivity index (χ1) is 8.95. The summed E-state index contributed by atoms with van der Waals surface area (Å²) >= 11 is 0. The maximum Gasteiger partial charge on any atom is 0.329 e. The first-order valence-electron chi connectivity index (χ1n) is 5.99. The number of esters is 1. The van der Waals surface area contributed by atoms with E-state index in [0.29, 0.717) is 12.0 Å². The molecule has 7 heteroatoms. The van der Waals surface area contributed by atoms with Gasteiger partial charge in [-0.3, -0.25) is 0 Å². The molecule has 1 heterocycles. The third-order valence-corrected chi connectivity index (χ3v) is 4.12. The molecule has 0 radical (unpaired) electrons. The van der Waals surface area contributed by atoms with Gasteiger partial charge in [-0.2, -0.15) is 12.7 Å². The van der Waals surface area contributed by atoms with Gasteiger partial charge in [-0.1, -0.05) is 24.3 Å². The highest BCUT2D eigenvalue weighted by atomic mass is 32.2. The predicted octanol–water partition coefficient (Wildman–Crippen LogP) is 0.352. The van der Waals surface area contributed by atoms with Gasteiger partial charge >= 0.3 is 5.97 Å². The Kier molecular flexibility index (Phi) is 3.88. The van der Waals surface area contributed by atoms with E-state index in [2.05, 4.69) is 0 Å². The van der Waals surface area contributed by atoms with E-state index >= 15 is 0 Å². The minimum atomic E-state index is -3.95. The molecule has 2 N–H and O–H groups in total. The third kappa shape index (κ3) is 2.78. The highest BCUT2D eigenvalue weighted by Gasteiger charge is 2.39. The fraction of sp³-hybridized carbons (Fsp3) is 0.417. The van der Waals surface area contributed by atoms with Gasteiger partial charge in [0.25, 0.3) is 10.2 Å². The molecule has 1 aliphatic rings. The van der Waals surface area contributed by atoms with Crippen molar-refractivity contribution in [3.8, 4) is 0 Å². The Hall–Kier alpha value is -1.44. The zero-order chi connectivity index (χ0) is 14.0. The van der Waals surface area contributed by atoms with Crippen LogP contribution in [-0.4, -0.2) is 31.8 Å². The Morgan fingerprint density at radius 1 is 1.47 bits per heavy atom. The Bertz CT molecular complexity index is 585. The van der Waals surface area contributed by atoms with Crippen molar-refractivity contribution in [2.45, 2.75) is 19.4 Å². The van der Waals surface area contributed by atoms with Crippen molar-refractivity contribution in [2.24, 2.45) is 5.14 Å². The molecule has 0 spiro atoms. The van der Waals surface area contributed by atoms with Crippen LogP contribution in [-0.2, 0) is 26.2 Å². The minimum Gasteiger partial charge on any atom is -0.465 e. The molecule has 0 saturated carbocycles. The summed E-state index contributed by atoms with van der Waals surface area (Å²) in [7, 11) is -3.95. The van der Waals surface area contributed by atoms with Crippen molar-refractivity contribution in [2.75, 3.05) is 13.2 Å². The molecule has 1 aromatic rings. The van der Waals surface area contributed by atoms with E-state index in [9.17, 15) is 13.2 Å². The Morgan fingerprint density at radius 2 is 2.16 bits per heavy atom. The van der Waals surface area contributed by atoms with Gasteiger partial charge in [0.05, 0.1) is 6.61 Å². The monoisotopic (exact) mass is 284 g/mol. The van der Waals surface area contributed by atoms with Crippen molar-refractivity contribution in [3.63, 3.8) is 0 Å². The lowest BCUT2D eigenvalue weighted by molar-refractivity contribution is -0.148. The second-order valence-electron chi connectivity index (χ2n) is 4.26. The number of benzene rings is 1. The molecule has 0 aliphatic carbocycles. The average Bonchev–Trinajstić information content (AvgIpc) is 2.36. The van der Waals surface area contributed by atoms with Crippen LogP contribution in [0.2, 0.25) is 0 Å². The molecule has 19 heavy (non-hydrogen) atoms. The third-order valence-electron chi connectivity index (χ3n) is 3.08. The quantitative estimate of drug-likeness (QED) is 0.811. The van der Waals surface area contributed by atoms with Crippen LogP contribution >= 0.6 is 0 Å². The number of fused-ring (bicyclic) bond motifs is 1. The largest absolute Gasteiger partial charge is 0.465 e. The Morgan fingerprint density at radius 3 is 2.79 bits per heavy atom. The number of rotatable bonds is 3. The van der Waals surface area contributed by atoms with Crippen LogP contribution in [0.15, 0.2) is 24.3 Å². The average molecular weight is 284 g/mol. The summed E-state index contributed by atoms with van der Waals surface area (Å²) in [5, 5.41) is 5.18. The summed E-state index contributed by atoms with van der Waals surface area (Å²) in [5.74, 6) is -0.594. The second-order valence-corrected chi connectivity index (χ2v) is 5.76. The molecule has 2 rings (SSSR count). The highest BCUT2D eigenvalue weighted by Crippen LogP contribution is 2.31. The molecule has 0 saturated heterocycles. The van der Waals surface area contributed by atoms with Gasteiger partial charge in [-0.05, 0) is 24.5 Å². The number of nitrogens with zero attached hydrogens (tertiary/aromatic N) is 1. The molecule has 0 aromatic heterocycles. The van der Waals surface area contributed by atoms with Gasteiger partial charge in [0.2, 0.25) is 0 Å². The van der Waals surface area contributed by atoms with Crippen LogP contribution in [0.4, 0.5) is 0 Å². The topological polar surface area (TPSA) is 89.7 Å². The van der Waals surface area contributed by atoms with Gasteiger partial charge in [-0.25, -0.2) is 9.93 Å². The van der Waals surface area contributed by atoms with E-state index in [-0.39, 0.29) is 13.2 Å². The standard InChI is InChI=1S/C12H16N2O4S/c1-2-18-12(15)11-10-6-4-3-5-9(10)7-8-14(11)19(13,16)17/h3-6,11H,2,7-8H2,1H3,(H2,13,16,17). The SMILES string of the molecule is CCOC(=O)C1c2ccccc2CCN1S(N)(=O)=O. The number of hydrogen-bond donors (Lipinski definition) is 1. The van der Waals surface area contributed by atoms with Crippen molar-refractivity contribution in [3.05, 3.63) is 35.4 Å². The van der Waals surface area contributed by atoms with Gasteiger partial charge in [0.15, 0.2) is 0 Å². The highest BCUT2D eigenvalue weighted by molar-refractivity contribution is 7.86. The summed E-state index contributed by atoms with van der Waals surface area (Å²) < 4.78 is 29.2. The van der Waals surface area contributed by atoms with Crippen molar-refractivity contribution < 1.29 is 17.9 Å². The van der Waals surface area contributed by atoms with Crippen molar-refractivity contribution in [1.82, 2.24) is 4.31 Å². The molecule has 104 valence electrons. The second kappa shape index (κ2) is 5.28. The van der Waals surface area contributed by atoms with E-state index in [4.69, 9.17) is 9.88 Å². The molecule has 1 atom stereocenters. The first kappa shape index (κ1) is 14.0. The van der Waals surface area contributed by atoms with Crippen LogP contribution < -0.4 is 5.14 Å². The number of ether oxygens (including phenoxy) is 1. The normalized spacial score (nSPS) is 19.8. The predicted molar refractivity (Wildman–Crippen MR) is 69.3 cm³/mol. The fourth-order valence-electron chi connectivity index (χ4n) is 2.28. The van der Waals surface area contributed by atoms with Crippen LogP contribution in [0.5, 0.6) is 0 Å². The summed E-state index contributed by atoms with van der Waals surface area (Å²) in [6.45, 7) is 2.04. The van der Waals surface area contributed by atoms with E-state index in [1.54, 1.807) is 19.1 Å². The van der Waals surface area contributed by atoms with E-state index in [0.717, 1.165) is 9.87 Å². The lowest BCUT2D eigenvalue weighted by Crippen LogP contribution is -2.46. The molecule has 1 aliphatic heterocycles. The van der Waals surface area contributed by atoms with Gasteiger partial charge in [0, 0.05) is 6.54 Å². The van der Waals surface area contributed by atoms with Crippen molar-refractivity contribution in [1.29, 1.82) is 0 Å². The molecule has 0 bridgehead atoms. The van der Waals surface area contributed by atoms with Gasteiger partial charge in [-0.15, -0.1) is 0 Å². The van der Waals surface area contributed by atoms with Crippen LogP contribution in [0.25, 0.3) is 0 Å². The molecular formula is C12H16N2O4S. The minimum absolute atomic E-state index is 0.180. The smallest absolute Gasteiger partial charge is 0.329 e. The summed E-state index contributed by atoms with van der Waals surface area (Å²) in [6, 6.07) is 6.24. The number of hydrogen-bond acceptors (Lipinski definition) is 4.